The van der Waals surface area contributed by atoms with Gasteiger partial charge in [0.2, 0.25) is 0 Å². The van der Waals surface area contributed by atoms with Gasteiger partial charge in [-0.05, 0) is 6.92 Å². The minimum atomic E-state index is 0.677. The van der Waals surface area contributed by atoms with Crippen molar-refractivity contribution in [1.29, 1.82) is 0 Å². The average molecular weight is 284 g/mol. The van der Waals surface area contributed by atoms with Crippen LogP contribution in [0.2, 0.25) is 0 Å². The first kappa shape index (κ1) is 14.2. The second-order valence-electron chi connectivity index (χ2n) is 4.33. The van der Waals surface area contributed by atoms with Crippen molar-refractivity contribution in [2.24, 2.45) is 7.05 Å². The van der Waals surface area contributed by atoms with Crippen LogP contribution in [-0.2, 0) is 16.5 Å². The van der Waals surface area contributed by atoms with Gasteiger partial charge in [-0.3, -0.25) is 0 Å². The fourth-order valence-electron chi connectivity index (χ4n) is 1.92. The number of hydrogen-bond acceptors (Lipinski definition) is 6. The van der Waals surface area contributed by atoms with Crippen molar-refractivity contribution in [2.75, 3.05) is 45.4 Å². The molecule has 2 aromatic rings. The standard InChI is InChI=1S/C12H20N4O2S/c1-9-10-11(15(2)14-9)13-12(19-10)16(5-7-17-3)6-8-18-4/h5-8H2,1-4H3. The van der Waals surface area contributed by atoms with Crippen molar-refractivity contribution >= 4 is 26.8 Å². The molecule has 0 bridgehead atoms. The zero-order valence-electron chi connectivity index (χ0n) is 11.8. The van der Waals surface area contributed by atoms with Crippen LogP contribution in [0.25, 0.3) is 10.3 Å². The predicted molar refractivity (Wildman–Crippen MR) is 77.1 cm³/mol. The highest BCUT2D eigenvalue weighted by Crippen LogP contribution is 2.30. The van der Waals surface area contributed by atoms with Crippen molar-refractivity contribution < 1.29 is 9.47 Å². The first-order valence-electron chi connectivity index (χ1n) is 6.20. The molecule has 0 aliphatic rings. The zero-order chi connectivity index (χ0) is 13.8. The number of thiazole rings is 1. The van der Waals surface area contributed by atoms with E-state index in [0.717, 1.165) is 34.3 Å². The van der Waals surface area contributed by atoms with Crippen LogP contribution in [0.1, 0.15) is 5.69 Å². The monoisotopic (exact) mass is 284 g/mol. The smallest absolute Gasteiger partial charge is 0.188 e. The molecule has 7 heteroatoms. The van der Waals surface area contributed by atoms with Crippen molar-refractivity contribution in [2.45, 2.75) is 6.92 Å². The molecule has 0 amide bonds. The molecule has 0 aliphatic heterocycles. The Labute approximate surface area is 116 Å². The number of aromatic nitrogens is 3. The predicted octanol–water partition coefficient (Wildman–Crippen LogP) is 1.44. The highest BCUT2D eigenvalue weighted by molar-refractivity contribution is 7.22. The first-order chi connectivity index (χ1) is 9.17. The number of nitrogens with zero attached hydrogens (tertiary/aromatic N) is 4. The maximum Gasteiger partial charge on any atom is 0.188 e. The van der Waals surface area contributed by atoms with Crippen molar-refractivity contribution in [3.63, 3.8) is 0 Å². The summed E-state index contributed by atoms with van der Waals surface area (Å²) >= 11 is 1.67. The Balaban J connectivity index is 2.24. The lowest BCUT2D eigenvalue weighted by atomic mass is 10.5. The number of fused-ring (bicyclic) bond motifs is 1. The van der Waals surface area contributed by atoms with Crippen LogP contribution in [0.15, 0.2) is 0 Å². The van der Waals surface area contributed by atoms with Crippen molar-refractivity contribution in [3.05, 3.63) is 5.69 Å². The van der Waals surface area contributed by atoms with Gasteiger partial charge < -0.3 is 14.4 Å². The number of anilines is 1. The largest absolute Gasteiger partial charge is 0.383 e. The summed E-state index contributed by atoms with van der Waals surface area (Å²) < 4.78 is 13.3. The summed E-state index contributed by atoms with van der Waals surface area (Å²) in [5.74, 6) is 0. The Morgan fingerprint density at radius 3 is 2.37 bits per heavy atom. The van der Waals surface area contributed by atoms with Crippen LogP contribution in [0.4, 0.5) is 5.13 Å². The van der Waals surface area contributed by atoms with Gasteiger partial charge in [0.15, 0.2) is 10.8 Å². The van der Waals surface area contributed by atoms with Gasteiger partial charge in [0, 0.05) is 34.4 Å². The molecule has 0 aromatic carbocycles. The molecule has 106 valence electrons. The highest BCUT2D eigenvalue weighted by Gasteiger charge is 2.16. The lowest BCUT2D eigenvalue weighted by Crippen LogP contribution is -2.30. The zero-order valence-corrected chi connectivity index (χ0v) is 12.7. The highest BCUT2D eigenvalue weighted by atomic mass is 32.1. The Morgan fingerprint density at radius 2 is 1.84 bits per heavy atom. The Hall–Kier alpha value is -1.18. The Kier molecular flexibility index (Phi) is 4.73. The summed E-state index contributed by atoms with van der Waals surface area (Å²) in [6.45, 7) is 4.99. The molecule has 2 rings (SSSR count). The molecule has 0 radical (unpaired) electrons. The van der Waals surface area contributed by atoms with Gasteiger partial charge >= 0.3 is 0 Å². The normalized spacial score (nSPS) is 11.4. The molecule has 6 nitrogen and oxygen atoms in total. The number of methoxy groups -OCH3 is 2. The van der Waals surface area contributed by atoms with E-state index in [9.17, 15) is 0 Å². The van der Waals surface area contributed by atoms with Gasteiger partial charge in [-0.15, -0.1) is 0 Å². The maximum absolute atomic E-state index is 5.15. The third-order valence-corrected chi connectivity index (χ3v) is 4.15. The quantitative estimate of drug-likeness (QED) is 0.770. The number of hydrogen-bond donors (Lipinski definition) is 0. The average Bonchev–Trinajstić information content (AvgIpc) is 2.93. The summed E-state index contributed by atoms with van der Waals surface area (Å²) in [6, 6.07) is 0. The van der Waals surface area contributed by atoms with Crippen LogP contribution in [0.3, 0.4) is 0 Å². The minimum absolute atomic E-state index is 0.677. The SMILES string of the molecule is COCCN(CCOC)c1nc2c(s1)c(C)nn2C. The lowest BCUT2D eigenvalue weighted by molar-refractivity contribution is 0.190. The molecule has 2 heterocycles. The molecule has 0 saturated carbocycles. The molecular weight excluding hydrogens is 264 g/mol. The van der Waals surface area contributed by atoms with Crippen molar-refractivity contribution in [1.82, 2.24) is 14.8 Å². The van der Waals surface area contributed by atoms with E-state index < -0.39 is 0 Å². The molecule has 19 heavy (non-hydrogen) atoms. The van der Waals surface area contributed by atoms with Crippen LogP contribution in [-0.4, -0.2) is 55.3 Å². The molecule has 0 fully saturated rings. The minimum Gasteiger partial charge on any atom is -0.383 e. The summed E-state index contributed by atoms with van der Waals surface area (Å²) in [6.07, 6.45) is 0. The molecule has 0 spiro atoms. The first-order valence-corrected chi connectivity index (χ1v) is 7.02. The van der Waals surface area contributed by atoms with Crippen LogP contribution in [0.5, 0.6) is 0 Å². The van der Waals surface area contributed by atoms with Gasteiger partial charge in [0.05, 0.1) is 23.6 Å². The van der Waals surface area contributed by atoms with Gasteiger partial charge in [-0.25, -0.2) is 9.67 Å². The van der Waals surface area contributed by atoms with E-state index in [2.05, 4.69) is 15.0 Å². The third-order valence-electron chi connectivity index (χ3n) is 2.93. The molecular formula is C12H20N4O2S. The fourth-order valence-corrected chi connectivity index (χ4v) is 3.00. The van der Waals surface area contributed by atoms with E-state index in [4.69, 9.17) is 9.47 Å². The Bertz CT molecular complexity index is 495. The summed E-state index contributed by atoms with van der Waals surface area (Å²) in [5, 5.41) is 5.37. The molecule has 0 atom stereocenters. The fraction of sp³-hybridized carbons (Fsp3) is 0.667. The van der Waals surface area contributed by atoms with Gasteiger partial charge in [0.25, 0.3) is 0 Å². The lowest BCUT2D eigenvalue weighted by Gasteiger charge is -2.20. The number of rotatable bonds is 7. The Morgan fingerprint density at radius 1 is 1.21 bits per heavy atom. The van der Waals surface area contributed by atoms with Gasteiger partial charge in [-0.1, -0.05) is 11.3 Å². The van der Waals surface area contributed by atoms with E-state index >= 15 is 0 Å². The van der Waals surface area contributed by atoms with Crippen molar-refractivity contribution in [3.8, 4) is 0 Å². The molecule has 0 N–H and O–H groups in total. The third kappa shape index (κ3) is 3.05. The van der Waals surface area contributed by atoms with Crippen LogP contribution >= 0.6 is 11.3 Å². The van der Waals surface area contributed by atoms with Gasteiger partial charge in [0.1, 0.15) is 0 Å². The molecule has 0 aliphatic carbocycles. The molecule has 0 unspecified atom stereocenters. The molecule has 0 saturated heterocycles. The number of ether oxygens (including phenoxy) is 2. The second kappa shape index (κ2) is 6.31. The van der Waals surface area contributed by atoms with E-state index in [1.165, 1.54) is 0 Å². The van der Waals surface area contributed by atoms with E-state index in [0.29, 0.717) is 13.2 Å². The van der Waals surface area contributed by atoms with Crippen LogP contribution < -0.4 is 4.90 Å². The summed E-state index contributed by atoms with van der Waals surface area (Å²) in [7, 11) is 5.34. The topological polar surface area (TPSA) is 52.4 Å². The molecule has 2 aromatic heterocycles. The summed E-state index contributed by atoms with van der Waals surface area (Å²) in [4.78, 5) is 6.86. The maximum atomic E-state index is 5.15. The summed E-state index contributed by atoms with van der Waals surface area (Å²) in [5.41, 5.74) is 1.97. The van der Waals surface area contributed by atoms with E-state index in [-0.39, 0.29) is 0 Å². The number of aryl methyl sites for hydroxylation is 2. The second-order valence-corrected chi connectivity index (χ2v) is 5.31. The van der Waals surface area contributed by atoms with Gasteiger partial charge in [-0.2, -0.15) is 5.10 Å². The van der Waals surface area contributed by atoms with E-state index in [1.807, 2.05) is 18.7 Å². The van der Waals surface area contributed by atoms with E-state index in [1.54, 1.807) is 25.6 Å². The van der Waals surface area contributed by atoms with Crippen LogP contribution in [0, 0.1) is 6.92 Å².